The first kappa shape index (κ1) is 24.2. The summed E-state index contributed by atoms with van der Waals surface area (Å²) in [5.74, 6) is 2.61. The molecule has 46 heavy (non-hydrogen) atoms. The molecular weight excluding hydrogens is 562 g/mol. The van der Waals surface area contributed by atoms with Gasteiger partial charge in [0, 0.05) is 38.9 Å². The van der Waals surface area contributed by atoms with Crippen LogP contribution in [0.25, 0.3) is 55.1 Å². The second kappa shape index (κ2) is 8.52. The molecule has 0 bridgehead atoms. The summed E-state index contributed by atoms with van der Waals surface area (Å²) in [7, 11) is 0. The number of hydrogen-bond acceptors (Lipinski definition) is 2. The van der Waals surface area contributed by atoms with Crippen LogP contribution in [0.1, 0.15) is 22.3 Å². The molecule has 1 spiro atoms. The summed E-state index contributed by atoms with van der Waals surface area (Å²) in [6.07, 6.45) is 1.86. The molecule has 214 valence electrons. The van der Waals surface area contributed by atoms with Crippen LogP contribution in [-0.2, 0) is 5.41 Å². The monoisotopic (exact) mass is 587 g/mol. The summed E-state index contributed by atoms with van der Waals surface area (Å²) in [6.45, 7) is 0. The molecule has 5 heterocycles. The highest BCUT2D eigenvalue weighted by Gasteiger charge is 2.51. The third-order valence-corrected chi connectivity index (χ3v) is 10.2. The van der Waals surface area contributed by atoms with E-state index in [-0.39, 0.29) is 0 Å². The Morgan fingerprint density at radius 3 is 1.93 bits per heavy atom. The van der Waals surface area contributed by atoms with Crippen molar-refractivity contribution < 1.29 is 4.74 Å². The van der Waals surface area contributed by atoms with Crippen LogP contribution in [0.15, 0.2) is 152 Å². The van der Waals surface area contributed by atoms with Gasteiger partial charge in [0.15, 0.2) is 5.75 Å². The molecule has 4 heteroatoms. The molecule has 0 radical (unpaired) electrons. The Labute approximate surface area is 264 Å². The van der Waals surface area contributed by atoms with E-state index in [0.29, 0.717) is 0 Å². The third kappa shape index (κ3) is 2.75. The second-order valence-electron chi connectivity index (χ2n) is 12.3. The molecule has 9 aromatic rings. The smallest absolute Gasteiger partial charge is 0.156 e. The Morgan fingerprint density at radius 1 is 0.457 bits per heavy atom. The van der Waals surface area contributed by atoms with Crippen LogP contribution in [0.4, 0.5) is 0 Å². The van der Waals surface area contributed by atoms with Gasteiger partial charge in [-0.05, 0) is 47.5 Å². The molecule has 11 rings (SSSR count). The van der Waals surface area contributed by atoms with Crippen molar-refractivity contribution in [1.29, 1.82) is 0 Å². The van der Waals surface area contributed by atoms with Gasteiger partial charge in [0.25, 0.3) is 0 Å². The number of hydrogen-bond donors (Lipinski definition) is 0. The Kier molecular flexibility index (Phi) is 4.49. The lowest BCUT2D eigenvalue weighted by Crippen LogP contribution is -2.37. The average Bonchev–Trinajstić information content (AvgIpc) is 3.65. The summed E-state index contributed by atoms with van der Waals surface area (Å²) in [5, 5.41) is 4.84. The molecule has 1 unspecified atom stereocenters. The average molecular weight is 588 g/mol. The second-order valence-corrected chi connectivity index (χ2v) is 12.3. The zero-order chi connectivity index (χ0) is 30.0. The zero-order valence-electron chi connectivity index (χ0n) is 24.7. The number of rotatable bonds is 1. The Balaban J connectivity index is 1.39. The van der Waals surface area contributed by atoms with Crippen molar-refractivity contribution in [3.8, 4) is 23.0 Å². The van der Waals surface area contributed by atoms with E-state index >= 15 is 0 Å². The van der Waals surface area contributed by atoms with Gasteiger partial charge in [0.2, 0.25) is 0 Å². The maximum absolute atomic E-state index is 7.11. The van der Waals surface area contributed by atoms with Gasteiger partial charge < -0.3 is 9.30 Å². The van der Waals surface area contributed by atoms with Crippen LogP contribution in [0.5, 0.6) is 11.5 Å². The lowest BCUT2D eigenvalue weighted by Gasteiger charge is -2.45. The van der Waals surface area contributed by atoms with E-state index in [9.17, 15) is 0 Å². The highest BCUT2D eigenvalue weighted by molar-refractivity contribution is 6.14. The van der Waals surface area contributed by atoms with Crippen molar-refractivity contribution in [2.45, 2.75) is 5.41 Å². The van der Waals surface area contributed by atoms with Crippen molar-refractivity contribution in [3.63, 3.8) is 0 Å². The Hall–Kier alpha value is -6.13. The Bertz CT molecular complexity index is 2740. The predicted octanol–water partition coefficient (Wildman–Crippen LogP) is 10.1. The van der Waals surface area contributed by atoms with Crippen LogP contribution in [0.3, 0.4) is 0 Å². The van der Waals surface area contributed by atoms with Crippen molar-refractivity contribution in [1.82, 2.24) is 14.1 Å². The minimum absolute atomic E-state index is 0.621. The first-order valence-corrected chi connectivity index (χ1v) is 15.7. The first-order valence-electron chi connectivity index (χ1n) is 15.7. The summed E-state index contributed by atoms with van der Waals surface area (Å²) < 4.78 is 11.9. The van der Waals surface area contributed by atoms with Gasteiger partial charge in [0.1, 0.15) is 11.6 Å². The van der Waals surface area contributed by atoms with Crippen LogP contribution >= 0.6 is 0 Å². The number of ether oxygens (including phenoxy) is 1. The fraction of sp³-hybridized carbons (Fsp3) is 0.0238. The highest BCUT2D eigenvalue weighted by atomic mass is 16.5. The van der Waals surface area contributed by atoms with Crippen molar-refractivity contribution >= 4 is 43.6 Å². The van der Waals surface area contributed by atoms with Crippen molar-refractivity contribution in [2.75, 3.05) is 0 Å². The predicted molar refractivity (Wildman–Crippen MR) is 185 cm³/mol. The lowest BCUT2D eigenvalue weighted by atomic mass is 9.61. The van der Waals surface area contributed by atoms with Gasteiger partial charge >= 0.3 is 0 Å². The third-order valence-electron chi connectivity index (χ3n) is 10.2. The van der Waals surface area contributed by atoms with E-state index in [1.165, 1.54) is 44.0 Å². The number of para-hydroxylation sites is 5. The van der Waals surface area contributed by atoms with E-state index in [1.807, 2.05) is 18.3 Å². The van der Waals surface area contributed by atoms with Crippen LogP contribution in [0, 0.1) is 0 Å². The molecule has 0 saturated carbocycles. The summed E-state index contributed by atoms with van der Waals surface area (Å²) in [6, 6.07) is 52.4. The quantitative estimate of drug-likeness (QED) is 0.191. The van der Waals surface area contributed by atoms with E-state index in [0.717, 1.165) is 44.9 Å². The number of benzene rings is 6. The van der Waals surface area contributed by atoms with Crippen LogP contribution in [-0.4, -0.2) is 14.1 Å². The Morgan fingerprint density at radius 2 is 1.11 bits per heavy atom. The van der Waals surface area contributed by atoms with Crippen molar-refractivity contribution in [2.24, 2.45) is 0 Å². The molecular formula is C42H25N3O. The van der Waals surface area contributed by atoms with Gasteiger partial charge in [-0.3, -0.25) is 4.57 Å². The maximum Gasteiger partial charge on any atom is 0.156 e. The topological polar surface area (TPSA) is 32.0 Å². The van der Waals surface area contributed by atoms with E-state index in [4.69, 9.17) is 9.72 Å². The van der Waals surface area contributed by atoms with E-state index in [1.54, 1.807) is 0 Å². The normalized spacial score (nSPS) is 16.1. The molecule has 3 aromatic heterocycles. The molecule has 1 atom stereocenters. The highest BCUT2D eigenvalue weighted by Crippen LogP contribution is 2.61. The number of pyridine rings is 1. The van der Waals surface area contributed by atoms with Crippen molar-refractivity contribution in [3.05, 3.63) is 174 Å². The minimum atomic E-state index is -0.621. The van der Waals surface area contributed by atoms with Gasteiger partial charge in [-0.2, -0.15) is 0 Å². The number of nitrogens with zero attached hydrogens (tertiary/aromatic N) is 3. The van der Waals surface area contributed by atoms with Gasteiger partial charge in [-0.15, -0.1) is 0 Å². The standard InChI is InChI=1S/C42H25N3O/c1-5-18-34-26(12-1)28-14-11-17-32-39(28)44(34)36-20-7-3-15-30(36)42(32)31-16-4-8-21-37(31)46-41-33(42)24-23-29-27-13-2-6-19-35(27)45(40(29)41)38-22-9-10-25-43-38/h1-25H. The molecule has 0 fully saturated rings. The van der Waals surface area contributed by atoms with Gasteiger partial charge in [0.05, 0.1) is 33.2 Å². The molecule has 0 saturated heterocycles. The molecule has 2 aliphatic rings. The summed E-state index contributed by atoms with van der Waals surface area (Å²) in [5.41, 5.74) is 9.97. The minimum Gasteiger partial charge on any atom is -0.454 e. The van der Waals surface area contributed by atoms with Crippen LogP contribution < -0.4 is 4.74 Å². The lowest BCUT2D eigenvalue weighted by molar-refractivity contribution is 0.438. The van der Waals surface area contributed by atoms with Gasteiger partial charge in [-0.1, -0.05) is 109 Å². The first-order chi connectivity index (χ1) is 22.9. The molecule has 0 aliphatic carbocycles. The van der Waals surface area contributed by atoms with Crippen LogP contribution in [0.2, 0.25) is 0 Å². The SMILES string of the molecule is c1ccc(-n2c3ccccc3c3ccc4c(c32)Oc2ccccc2C42c3ccccc3-n3c4ccccc4c4cccc2c43)nc1. The fourth-order valence-electron chi connectivity index (χ4n) is 8.55. The summed E-state index contributed by atoms with van der Waals surface area (Å²) >= 11 is 0. The summed E-state index contributed by atoms with van der Waals surface area (Å²) in [4.78, 5) is 4.84. The number of fused-ring (bicyclic) bond motifs is 15. The van der Waals surface area contributed by atoms with E-state index < -0.39 is 5.41 Å². The number of aromatic nitrogens is 3. The maximum atomic E-state index is 7.11. The molecule has 2 aliphatic heterocycles. The molecule has 4 nitrogen and oxygen atoms in total. The molecule has 0 N–H and O–H groups in total. The largest absolute Gasteiger partial charge is 0.454 e. The fourth-order valence-corrected chi connectivity index (χ4v) is 8.55. The molecule has 0 amide bonds. The van der Waals surface area contributed by atoms with Gasteiger partial charge in [-0.25, -0.2) is 4.98 Å². The zero-order valence-corrected chi connectivity index (χ0v) is 24.7. The molecule has 6 aromatic carbocycles. The van der Waals surface area contributed by atoms with E-state index in [2.05, 4.69) is 143 Å².